The Bertz CT molecular complexity index is 1650. The second kappa shape index (κ2) is 17.2. The molecule has 6 rings (SSSR count). The van der Waals surface area contributed by atoms with E-state index in [4.69, 9.17) is 0 Å². The van der Waals surface area contributed by atoms with Gasteiger partial charge in [0.25, 0.3) is 0 Å². The average molecular weight is 716 g/mol. The van der Waals surface area contributed by atoms with Gasteiger partial charge in [-0.1, -0.05) is 26.5 Å². The van der Waals surface area contributed by atoms with Crippen LogP contribution in [-0.2, 0) is 6.54 Å². The summed E-state index contributed by atoms with van der Waals surface area (Å²) in [6.07, 6.45) is 0.00808. The maximum absolute atomic E-state index is 15.0. The highest BCUT2D eigenvalue weighted by molar-refractivity contribution is 8.02. The van der Waals surface area contributed by atoms with Gasteiger partial charge < -0.3 is 15.2 Å². The van der Waals surface area contributed by atoms with Gasteiger partial charge in [-0.3, -0.25) is 25.1 Å². The number of fused-ring (bicyclic) bond motifs is 3. The summed E-state index contributed by atoms with van der Waals surface area (Å²) in [6, 6.07) is 6.69. The third kappa shape index (κ3) is 9.65. The molecule has 2 bridgehead atoms. The molecule has 0 spiro atoms. The Kier molecular flexibility index (Phi) is 13.0. The fraction of sp³-hybridized carbons (Fsp3) is 0.528. The maximum atomic E-state index is 15.0. The molecule has 272 valence electrons. The molecule has 2 unspecified atom stereocenters. The molecule has 2 aromatic rings. The lowest BCUT2D eigenvalue weighted by Crippen LogP contribution is -2.35. The summed E-state index contributed by atoms with van der Waals surface area (Å²) in [6.45, 7) is 14.7. The van der Waals surface area contributed by atoms with E-state index >= 15 is 0 Å². The van der Waals surface area contributed by atoms with Crippen molar-refractivity contribution in [2.24, 2.45) is 26.8 Å². The van der Waals surface area contributed by atoms with Crippen LogP contribution in [0.15, 0.2) is 74.1 Å². The minimum Gasteiger partial charge on any atom is -0.378 e. The third-order valence-electron chi connectivity index (χ3n) is 9.33. The van der Waals surface area contributed by atoms with Crippen LogP contribution in [0, 0.1) is 11.8 Å². The predicted octanol–water partition coefficient (Wildman–Crippen LogP) is 6.97. The zero-order valence-corrected chi connectivity index (χ0v) is 30.1. The predicted molar refractivity (Wildman–Crippen MR) is 200 cm³/mol. The van der Waals surface area contributed by atoms with E-state index in [-0.39, 0.29) is 30.4 Å². The van der Waals surface area contributed by atoms with E-state index in [1.54, 1.807) is 36.0 Å². The van der Waals surface area contributed by atoms with Crippen molar-refractivity contribution in [3.8, 4) is 0 Å². The first kappa shape index (κ1) is 37.8. The number of amidine groups is 1. The molecule has 1 aromatic heterocycles. The van der Waals surface area contributed by atoms with Crippen molar-refractivity contribution in [3.05, 3.63) is 64.9 Å². The molecule has 1 saturated carbocycles. The second-order valence-corrected chi connectivity index (χ2v) is 13.9. The largest absolute Gasteiger partial charge is 0.406 e. The Hall–Kier alpha value is -3.46. The Morgan fingerprint density at radius 3 is 2.68 bits per heavy atom. The van der Waals surface area contributed by atoms with E-state index in [2.05, 4.69) is 49.1 Å². The van der Waals surface area contributed by atoms with Gasteiger partial charge in [-0.15, -0.1) is 11.8 Å². The number of piperidine rings is 1. The van der Waals surface area contributed by atoms with Gasteiger partial charge in [0, 0.05) is 55.4 Å². The number of nitrogens with one attached hydrogen (secondary N) is 3. The molecule has 0 radical (unpaired) electrons. The van der Waals surface area contributed by atoms with Crippen LogP contribution in [-0.4, -0.2) is 97.7 Å². The van der Waals surface area contributed by atoms with E-state index < -0.39 is 12.7 Å². The molecule has 14 heteroatoms. The number of anilines is 1. The number of alkyl halides is 3. The first-order chi connectivity index (χ1) is 24.1. The normalized spacial score (nSPS) is 23.5. The fourth-order valence-electron chi connectivity index (χ4n) is 6.97. The summed E-state index contributed by atoms with van der Waals surface area (Å²) in [5.74, 6) is 2.44. The number of hydrogen-bond donors (Lipinski definition) is 3. The number of nitrogens with zero attached hydrogens (tertiary/aromatic N) is 6. The fourth-order valence-corrected chi connectivity index (χ4v) is 7.84. The van der Waals surface area contributed by atoms with Crippen molar-refractivity contribution in [2.45, 2.75) is 52.3 Å². The van der Waals surface area contributed by atoms with Crippen LogP contribution >= 0.6 is 11.8 Å². The smallest absolute Gasteiger partial charge is 0.378 e. The first-order valence-electron chi connectivity index (χ1n) is 17.3. The van der Waals surface area contributed by atoms with Crippen molar-refractivity contribution >= 4 is 46.6 Å². The number of aliphatic imine (C=N–C) groups is 3. The van der Waals surface area contributed by atoms with E-state index in [1.165, 1.54) is 23.8 Å². The Morgan fingerprint density at radius 1 is 1.20 bits per heavy atom. The molecule has 2 fully saturated rings. The number of halogens is 4. The van der Waals surface area contributed by atoms with Gasteiger partial charge in [-0.2, -0.15) is 13.2 Å². The topological polar surface area (TPSA) is 84.6 Å². The molecule has 1 aliphatic carbocycles. The highest BCUT2D eigenvalue weighted by Gasteiger charge is 2.33. The number of hydrogen-bond acceptors (Lipinski definition) is 9. The molecule has 0 amide bonds. The number of likely N-dealkylation sites (tertiary alicyclic amines) is 1. The Balaban J connectivity index is 0.00000239. The minimum absolute atomic E-state index is 0.0656. The van der Waals surface area contributed by atoms with Crippen LogP contribution in [0.2, 0.25) is 0 Å². The number of rotatable bonds is 12. The second-order valence-electron chi connectivity index (χ2n) is 13.1. The van der Waals surface area contributed by atoms with Gasteiger partial charge in [0.15, 0.2) is 5.84 Å². The van der Waals surface area contributed by atoms with Gasteiger partial charge in [0.05, 0.1) is 48.0 Å². The maximum Gasteiger partial charge on any atom is 0.406 e. The summed E-state index contributed by atoms with van der Waals surface area (Å²) >= 11 is 1.68. The van der Waals surface area contributed by atoms with Gasteiger partial charge in [0.2, 0.25) is 0 Å². The van der Waals surface area contributed by atoms with E-state index in [0.717, 1.165) is 30.8 Å². The van der Waals surface area contributed by atoms with Crippen LogP contribution in [0.1, 0.15) is 45.2 Å². The van der Waals surface area contributed by atoms with Crippen molar-refractivity contribution < 1.29 is 17.6 Å². The highest BCUT2D eigenvalue weighted by Crippen LogP contribution is 2.37. The van der Waals surface area contributed by atoms with Gasteiger partial charge in [-0.25, -0.2) is 9.38 Å². The molecule has 9 nitrogen and oxygen atoms in total. The third-order valence-corrected chi connectivity index (χ3v) is 10.2. The van der Waals surface area contributed by atoms with E-state index in [9.17, 15) is 17.6 Å². The van der Waals surface area contributed by atoms with Crippen LogP contribution in [0.3, 0.4) is 0 Å². The number of thioether (sulfide) groups is 1. The molecule has 3 N–H and O–H groups in total. The quantitative estimate of drug-likeness (QED) is 0.125. The van der Waals surface area contributed by atoms with Crippen LogP contribution in [0.4, 0.5) is 23.2 Å². The van der Waals surface area contributed by atoms with Crippen molar-refractivity contribution in [3.63, 3.8) is 0 Å². The standard InChI is InChI=1S/C34H43F4N9S.C2H6/c1-22(30(39-2)18-48-21-46-16-23-7-8-24(11-23)17-46)41-13-25-14-42-33(43-25)32-12-26-28(5-4-6-31(26)47(32)19-34(36,37)38)44-29-9-10-45(3)20-40-15-27(29)35;1-2/h4-6,12,18,23-24,40-41,44H,1-2,7-11,13-17,19-21H2,3H3;1-2H3/b29-27-,30-18-;. The molecule has 3 aliphatic heterocycles. The zero-order valence-electron chi connectivity index (χ0n) is 29.3. The van der Waals surface area contributed by atoms with E-state index in [0.29, 0.717) is 65.6 Å². The molecule has 1 saturated heterocycles. The van der Waals surface area contributed by atoms with Crippen LogP contribution < -0.4 is 16.0 Å². The minimum atomic E-state index is -4.48. The van der Waals surface area contributed by atoms with Crippen LogP contribution in [0.25, 0.3) is 10.9 Å². The summed E-state index contributed by atoms with van der Waals surface area (Å²) in [5, 5.41) is 11.9. The lowest BCUT2D eigenvalue weighted by molar-refractivity contribution is -0.139. The average Bonchev–Trinajstić information content (AvgIpc) is 3.80. The van der Waals surface area contributed by atoms with Gasteiger partial charge in [-0.05, 0) is 68.5 Å². The lowest BCUT2D eigenvalue weighted by Gasteiger charge is -2.30. The molecule has 50 heavy (non-hydrogen) atoms. The van der Waals surface area contributed by atoms with Crippen molar-refractivity contribution in [1.29, 1.82) is 0 Å². The SMILES string of the molecule is C=N/C(=C\SCN1CC2CCC(C2)C1)C(=C)NCC1=NC(c2cc3c(N/C4=C(\F)CNCN(C)CC4)cccc3n2CC(F)(F)F)=NC1.CC. The molecular formula is C36H49F4N9S. The first-order valence-corrected chi connectivity index (χ1v) is 18.4. The summed E-state index contributed by atoms with van der Waals surface area (Å²) in [5.41, 5.74) is 3.41. The Morgan fingerprint density at radius 2 is 1.96 bits per heavy atom. The van der Waals surface area contributed by atoms with Crippen LogP contribution in [0.5, 0.6) is 0 Å². The lowest BCUT2D eigenvalue weighted by atomic mass is 10.00. The summed E-state index contributed by atoms with van der Waals surface area (Å²) < 4.78 is 57.8. The molecule has 2 atom stereocenters. The number of benzene rings is 1. The monoisotopic (exact) mass is 715 g/mol. The molecule has 4 aliphatic rings. The number of aromatic nitrogens is 1. The summed E-state index contributed by atoms with van der Waals surface area (Å²) in [7, 11) is 1.94. The van der Waals surface area contributed by atoms with Gasteiger partial charge >= 0.3 is 6.18 Å². The Labute approximate surface area is 296 Å². The molecule has 4 heterocycles. The summed E-state index contributed by atoms with van der Waals surface area (Å²) in [4.78, 5) is 17.8. The molecule has 1 aromatic carbocycles. The van der Waals surface area contributed by atoms with Gasteiger partial charge in [0.1, 0.15) is 12.4 Å². The van der Waals surface area contributed by atoms with E-state index in [1.807, 2.05) is 31.2 Å². The van der Waals surface area contributed by atoms with Crippen molar-refractivity contribution in [1.82, 2.24) is 25.0 Å². The van der Waals surface area contributed by atoms with Crippen molar-refractivity contribution in [2.75, 3.05) is 64.2 Å². The highest BCUT2D eigenvalue weighted by atomic mass is 32.2. The zero-order chi connectivity index (χ0) is 35.8. The molecular weight excluding hydrogens is 667 g/mol.